The quantitative estimate of drug-likeness (QED) is 0.909. The first kappa shape index (κ1) is 13.5. The van der Waals surface area contributed by atoms with Gasteiger partial charge in [-0.1, -0.05) is 12.1 Å². The summed E-state index contributed by atoms with van der Waals surface area (Å²) in [7, 11) is 0. The molecule has 0 aliphatic heterocycles. The molecule has 0 aliphatic rings. The average molecular weight is 327 g/mol. The Morgan fingerprint density at radius 3 is 2.95 bits per heavy atom. The molecule has 2 rings (SSSR count). The van der Waals surface area contributed by atoms with Crippen molar-refractivity contribution in [3.05, 3.63) is 40.0 Å². The van der Waals surface area contributed by atoms with Crippen molar-refractivity contribution in [1.82, 2.24) is 10.1 Å². The molecule has 0 saturated carbocycles. The van der Waals surface area contributed by atoms with E-state index in [9.17, 15) is 4.79 Å². The van der Waals surface area contributed by atoms with E-state index < -0.39 is 5.97 Å². The predicted molar refractivity (Wildman–Crippen MR) is 69.1 cm³/mol. The number of carboxylic acid groups (broad SMARTS) is 1. The summed E-state index contributed by atoms with van der Waals surface area (Å²) in [5, 5.41) is 12.7. The molecule has 0 radical (unpaired) electrons. The van der Waals surface area contributed by atoms with E-state index in [1.807, 2.05) is 6.92 Å². The number of aromatic carboxylic acids is 1. The molecule has 0 spiro atoms. The maximum absolute atomic E-state index is 11.0. The number of carbonyl (C=O) groups is 1. The number of carboxylic acids is 1. The van der Waals surface area contributed by atoms with Gasteiger partial charge in [0.05, 0.1) is 5.56 Å². The lowest BCUT2D eigenvalue weighted by Gasteiger charge is -2.05. The third-order valence-electron chi connectivity index (χ3n) is 2.35. The summed E-state index contributed by atoms with van der Waals surface area (Å²) in [4.78, 5) is 15.1. The molecule has 7 heteroatoms. The van der Waals surface area contributed by atoms with Crippen LogP contribution in [-0.2, 0) is 13.0 Å². The Labute approximate surface area is 117 Å². The molecule has 0 saturated heterocycles. The molecule has 1 N–H and O–H groups in total. The molecule has 1 heterocycles. The number of aromatic nitrogens is 2. The van der Waals surface area contributed by atoms with Crippen molar-refractivity contribution in [2.24, 2.45) is 0 Å². The van der Waals surface area contributed by atoms with E-state index in [1.54, 1.807) is 12.1 Å². The Balaban J connectivity index is 2.07. The Kier molecular flexibility index (Phi) is 4.16. The van der Waals surface area contributed by atoms with Gasteiger partial charge in [0.25, 0.3) is 0 Å². The van der Waals surface area contributed by atoms with Gasteiger partial charge in [-0.05, 0) is 34.1 Å². The largest absolute Gasteiger partial charge is 0.485 e. The lowest BCUT2D eigenvalue weighted by atomic mass is 10.2. The van der Waals surface area contributed by atoms with Crippen LogP contribution in [0.5, 0.6) is 5.75 Å². The van der Waals surface area contributed by atoms with Crippen molar-refractivity contribution in [2.75, 3.05) is 0 Å². The highest BCUT2D eigenvalue weighted by molar-refractivity contribution is 9.10. The molecule has 0 unspecified atom stereocenters. The van der Waals surface area contributed by atoms with E-state index in [0.29, 0.717) is 28.4 Å². The number of halogens is 1. The summed E-state index contributed by atoms with van der Waals surface area (Å²) in [6.45, 7) is 2.04. The number of hydrogen-bond acceptors (Lipinski definition) is 5. The minimum atomic E-state index is -1.02. The highest BCUT2D eigenvalue weighted by Crippen LogP contribution is 2.23. The van der Waals surface area contributed by atoms with E-state index in [2.05, 4.69) is 26.1 Å². The summed E-state index contributed by atoms with van der Waals surface area (Å²) in [6, 6.07) is 4.72. The summed E-state index contributed by atoms with van der Waals surface area (Å²) < 4.78 is 10.9. The molecule has 0 atom stereocenters. The van der Waals surface area contributed by atoms with Crippen LogP contribution in [-0.4, -0.2) is 21.2 Å². The third kappa shape index (κ3) is 3.31. The zero-order valence-corrected chi connectivity index (χ0v) is 11.7. The first-order valence-corrected chi connectivity index (χ1v) is 6.36. The summed E-state index contributed by atoms with van der Waals surface area (Å²) in [5.41, 5.74) is 0.139. The Morgan fingerprint density at radius 2 is 2.32 bits per heavy atom. The second kappa shape index (κ2) is 5.83. The standard InChI is InChI=1S/C12H11BrN2O4/c1-2-11-14-10(15-19-11)6-18-7-3-4-9(13)8(5-7)12(16)17/h3-5H,2,6H2,1H3,(H,16,17). The SMILES string of the molecule is CCc1nc(COc2ccc(Br)c(C(=O)O)c2)no1. The van der Waals surface area contributed by atoms with Crippen LogP contribution in [0.1, 0.15) is 29.0 Å². The number of hydrogen-bond donors (Lipinski definition) is 1. The van der Waals surface area contributed by atoms with Crippen LogP contribution in [0.25, 0.3) is 0 Å². The lowest BCUT2D eigenvalue weighted by molar-refractivity contribution is 0.0695. The zero-order chi connectivity index (χ0) is 13.8. The summed E-state index contributed by atoms with van der Waals surface area (Å²) in [6.07, 6.45) is 0.661. The van der Waals surface area contributed by atoms with Crippen LogP contribution in [0.4, 0.5) is 0 Å². The van der Waals surface area contributed by atoms with E-state index in [0.717, 1.165) is 0 Å². The van der Waals surface area contributed by atoms with E-state index in [1.165, 1.54) is 6.07 Å². The molecule has 1 aromatic carbocycles. The number of rotatable bonds is 5. The highest BCUT2D eigenvalue weighted by Gasteiger charge is 2.10. The molecule has 6 nitrogen and oxygen atoms in total. The van der Waals surface area contributed by atoms with E-state index in [4.69, 9.17) is 14.4 Å². The fraction of sp³-hybridized carbons (Fsp3) is 0.250. The molecule has 0 bridgehead atoms. The van der Waals surface area contributed by atoms with Gasteiger partial charge in [0.2, 0.25) is 11.7 Å². The van der Waals surface area contributed by atoms with E-state index >= 15 is 0 Å². The van der Waals surface area contributed by atoms with Crippen LogP contribution >= 0.6 is 15.9 Å². The van der Waals surface area contributed by atoms with Gasteiger partial charge in [-0.15, -0.1) is 0 Å². The molecule has 0 amide bonds. The first-order chi connectivity index (χ1) is 9.10. The van der Waals surface area contributed by atoms with Crippen molar-refractivity contribution >= 4 is 21.9 Å². The smallest absolute Gasteiger partial charge is 0.336 e. The average Bonchev–Trinajstić information content (AvgIpc) is 2.85. The van der Waals surface area contributed by atoms with Crippen LogP contribution < -0.4 is 4.74 Å². The van der Waals surface area contributed by atoms with E-state index in [-0.39, 0.29) is 12.2 Å². The number of benzene rings is 1. The van der Waals surface area contributed by atoms with Gasteiger partial charge < -0.3 is 14.4 Å². The number of ether oxygens (including phenoxy) is 1. The predicted octanol–water partition coefficient (Wildman–Crippen LogP) is 2.67. The normalized spacial score (nSPS) is 10.4. The second-order valence-electron chi connectivity index (χ2n) is 3.69. The Bertz CT molecular complexity index is 597. The van der Waals surface area contributed by atoms with Crippen molar-refractivity contribution < 1.29 is 19.2 Å². The van der Waals surface area contributed by atoms with Gasteiger partial charge in [0.15, 0.2) is 6.61 Å². The van der Waals surface area contributed by atoms with Gasteiger partial charge in [0, 0.05) is 10.9 Å². The molecule has 100 valence electrons. The summed E-state index contributed by atoms with van der Waals surface area (Å²) >= 11 is 3.16. The topological polar surface area (TPSA) is 85.5 Å². The van der Waals surface area contributed by atoms with Crippen molar-refractivity contribution in [3.63, 3.8) is 0 Å². The molecule has 2 aromatic rings. The maximum atomic E-state index is 11.0. The number of nitrogens with zero attached hydrogens (tertiary/aromatic N) is 2. The molecule has 0 fully saturated rings. The van der Waals surface area contributed by atoms with Gasteiger partial charge in [-0.2, -0.15) is 4.98 Å². The van der Waals surface area contributed by atoms with Gasteiger partial charge in [-0.25, -0.2) is 4.79 Å². The van der Waals surface area contributed by atoms with Crippen LogP contribution in [0.2, 0.25) is 0 Å². The third-order valence-corrected chi connectivity index (χ3v) is 3.04. The Morgan fingerprint density at radius 1 is 1.53 bits per heavy atom. The van der Waals surface area contributed by atoms with Crippen molar-refractivity contribution in [2.45, 2.75) is 20.0 Å². The van der Waals surface area contributed by atoms with Gasteiger partial charge in [-0.3, -0.25) is 0 Å². The maximum Gasteiger partial charge on any atom is 0.336 e. The van der Waals surface area contributed by atoms with Crippen LogP contribution in [0.15, 0.2) is 27.2 Å². The van der Waals surface area contributed by atoms with Crippen molar-refractivity contribution in [3.8, 4) is 5.75 Å². The molecular weight excluding hydrogens is 316 g/mol. The fourth-order valence-corrected chi connectivity index (χ4v) is 1.81. The van der Waals surface area contributed by atoms with Gasteiger partial charge in [0.1, 0.15) is 5.75 Å². The van der Waals surface area contributed by atoms with Crippen LogP contribution in [0, 0.1) is 0 Å². The van der Waals surface area contributed by atoms with Gasteiger partial charge >= 0.3 is 5.97 Å². The highest BCUT2D eigenvalue weighted by atomic mass is 79.9. The zero-order valence-electron chi connectivity index (χ0n) is 10.1. The second-order valence-corrected chi connectivity index (χ2v) is 4.55. The molecule has 19 heavy (non-hydrogen) atoms. The first-order valence-electron chi connectivity index (χ1n) is 5.57. The molecular formula is C12H11BrN2O4. The fourth-order valence-electron chi connectivity index (χ4n) is 1.40. The van der Waals surface area contributed by atoms with Crippen molar-refractivity contribution in [1.29, 1.82) is 0 Å². The van der Waals surface area contributed by atoms with Crippen LogP contribution in [0.3, 0.4) is 0 Å². The molecule has 0 aliphatic carbocycles. The number of aryl methyl sites for hydroxylation is 1. The minimum absolute atomic E-state index is 0.129. The minimum Gasteiger partial charge on any atom is -0.485 e. The molecule has 1 aromatic heterocycles. The lowest BCUT2D eigenvalue weighted by Crippen LogP contribution is -2.01. The summed E-state index contributed by atoms with van der Waals surface area (Å²) in [5.74, 6) is 0.380. The monoisotopic (exact) mass is 326 g/mol. The Hall–Kier alpha value is -1.89.